The van der Waals surface area contributed by atoms with Crippen molar-refractivity contribution in [1.82, 2.24) is 15.5 Å². The van der Waals surface area contributed by atoms with Gasteiger partial charge in [-0.1, -0.05) is 24.3 Å². The van der Waals surface area contributed by atoms with Gasteiger partial charge in [-0.25, -0.2) is 0 Å². The molecule has 0 bridgehead atoms. The summed E-state index contributed by atoms with van der Waals surface area (Å²) in [6, 6.07) is 8.98. The molecule has 2 N–H and O–H groups in total. The quantitative estimate of drug-likeness (QED) is 0.734. The molecule has 2 rings (SSSR count). The van der Waals surface area contributed by atoms with E-state index in [1.165, 1.54) is 18.4 Å². The third-order valence-electron chi connectivity index (χ3n) is 4.21. The Morgan fingerprint density at radius 3 is 2.73 bits per heavy atom. The van der Waals surface area contributed by atoms with Crippen molar-refractivity contribution in [2.45, 2.75) is 45.8 Å². The van der Waals surface area contributed by atoms with Crippen LogP contribution in [-0.4, -0.2) is 37.0 Å². The maximum atomic E-state index is 11.8. The van der Waals surface area contributed by atoms with Gasteiger partial charge in [-0.15, -0.1) is 0 Å². The first-order valence-electron chi connectivity index (χ1n) is 8.30. The molecule has 1 aliphatic rings. The summed E-state index contributed by atoms with van der Waals surface area (Å²) in [5.41, 5.74) is 2.44. The molecule has 0 radical (unpaired) electrons. The van der Waals surface area contributed by atoms with Crippen LogP contribution in [0.15, 0.2) is 24.3 Å². The van der Waals surface area contributed by atoms with E-state index in [0.717, 1.165) is 24.6 Å². The number of carbonyl (C=O) groups excluding carboxylic acids is 1. The number of hydrogen-bond donors (Lipinski definition) is 2. The van der Waals surface area contributed by atoms with E-state index in [9.17, 15) is 4.79 Å². The van der Waals surface area contributed by atoms with E-state index >= 15 is 0 Å². The summed E-state index contributed by atoms with van der Waals surface area (Å²) in [4.78, 5) is 14.1. The van der Waals surface area contributed by atoms with Crippen LogP contribution in [0.5, 0.6) is 0 Å². The average molecular weight is 303 g/mol. The predicted octanol–water partition coefficient (Wildman–Crippen LogP) is 2.14. The Morgan fingerprint density at radius 2 is 2.05 bits per heavy atom. The highest BCUT2D eigenvalue weighted by Gasteiger charge is 2.20. The number of rotatable bonds is 9. The van der Waals surface area contributed by atoms with Crippen LogP contribution in [0.2, 0.25) is 0 Å². The van der Waals surface area contributed by atoms with E-state index in [1.54, 1.807) is 0 Å². The van der Waals surface area contributed by atoms with E-state index in [2.05, 4.69) is 60.7 Å². The highest BCUT2D eigenvalue weighted by Crippen LogP contribution is 2.27. The molecular formula is C18H29N3O. The van der Waals surface area contributed by atoms with Gasteiger partial charge in [0.1, 0.15) is 0 Å². The molecule has 0 atom stereocenters. The number of hydrogen-bond acceptors (Lipinski definition) is 3. The van der Waals surface area contributed by atoms with E-state index in [-0.39, 0.29) is 5.91 Å². The van der Waals surface area contributed by atoms with E-state index in [1.807, 2.05) is 0 Å². The number of benzene rings is 1. The minimum Gasteiger partial charge on any atom is -0.351 e. The van der Waals surface area contributed by atoms with Crippen LogP contribution in [0.1, 0.15) is 37.8 Å². The first-order valence-corrected chi connectivity index (χ1v) is 8.30. The van der Waals surface area contributed by atoms with Crippen LogP contribution in [0.3, 0.4) is 0 Å². The summed E-state index contributed by atoms with van der Waals surface area (Å²) < 4.78 is 0. The number of nitrogens with zero attached hydrogens (tertiary/aromatic N) is 1. The van der Waals surface area contributed by atoms with Crippen molar-refractivity contribution >= 4 is 5.91 Å². The average Bonchev–Trinajstić information content (AvgIpc) is 3.29. The molecule has 4 nitrogen and oxygen atoms in total. The lowest BCUT2D eigenvalue weighted by Gasteiger charge is -2.21. The predicted molar refractivity (Wildman–Crippen MR) is 90.5 cm³/mol. The third kappa shape index (κ3) is 6.16. The standard InChI is InChI=1S/C18H29N3O/c1-14(2)21(3)13-17-6-4-5-16(9-17)11-20-18(22)12-19-10-15-7-8-15/h4-6,9,14-15,19H,7-8,10-13H2,1-3H3,(H,20,22). The Balaban J connectivity index is 1.73. The molecule has 0 aliphatic heterocycles. The van der Waals surface area contributed by atoms with Gasteiger partial charge in [-0.2, -0.15) is 0 Å². The topological polar surface area (TPSA) is 44.4 Å². The van der Waals surface area contributed by atoms with Crippen LogP contribution in [0.25, 0.3) is 0 Å². The Kier molecular flexibility index (Phi) is 6.40. The first kappa shape index (κ1) is 17.0. The fourth-order valence-corrected chi connectivity index (χ4v) is 2.28. The maximum absolute atomic E-state index is 11.8. The molecule has 1 aromatic rings. The molecule has 1 amide bonds. The molecule has 1 fully saturated rings. The highest BCUT2D eigenvalue weighted by atomic mass is 16.1. The zero-order valence-electron chi connectivity index (χ0n) is 14.1. The van der Waals surface area contributed by atoms with E-state index in [0.29, 0.717) is 19.1 Å². The van der Waals surface area contributed by atoms with Crippen LogP contribution < -0.4 is 10.6 Å². The fraction of sp³-hybridized carbons (Fsp3) is 0.611. The van der Waals surface area contributed by atoms with Gasteiger partial charge in [0.25, 0.3) is 0 Å². The second kappa shape index (κ2) is 8.30. The van der Waals surface area contributed by atoms with Crippen molar-refractivity contribution in [1.29, 1.82) is 0 Å². The van der Waals surface area contributed by atoms with Gasteiger partial charge in [0.2, 0.25) is 5.91 Å². The largest absolute Gasteiger partial charge is 0.351 e. The monoisotopic (exact) mass is 303 g/mol. The highest BCUT2D eigenvalue weighted by molar-refractivity contribution is 5.77. The van der Waals surface area contributed by atoms with Crippen molar-refractivity contribution in [3.05, 3.63) is 35.4 Å². The molecule has 1 aromatic carbocycles. The van der Waals surface area contributed by atoms with Crippen molar-refractivity contribution in [3.8, 4) is 0 Å². The van der Waals surface area contributed by atoms with Crippen LogP contribution >= 0.6 is 0 Å². The summed E-state index contributed by atoms with van der Waals surface area (Å²) in [5.74, 6) is 0.882. The lowest BCUT2D eigenvalue weighted by molar-refractivity contribution is -0.120. The van der Waals surface area contributed by atoms with E-state index in [4.69, 9.17) is 0 Å². The zero-order valence-corrected chi connectivity index (χ0v) is 14.1. The SMILES string of the molecule is CC(C)N(C)Cc1cccc(CNC(=O)CNCC2CC2)c1. The molecular weight excluding hydrogens is 274 g/mol. The normalized spacial score (nSPS) is 14.6. The van der Waals surface area contributed by atoms with Crippen molar-refractivity contribution in [2.75, 3.05) is 20.1 Å². The first-order chi connectivity index (χ1) is 10.5. The van der Waals surface area contributed by atoms with Gasteiger partial charge in [0, 0.05) is 19.1 Å². The van der Waals surface area contributed by atoms with Gasteiger partial charge >= 0.3 is 0 Å². The molecule has 122 valence electrons. The molecule has 0 spiro atoms. The minimum absolute atomic E-state index is 0.0744. The zero-order chi connectivity index (χ0) is 15.9. The lowest BCUT2D eigenvalue weighted by Crippen LogP contribution is -2.34. The van der Waals surface area contributed by atoms with Gasteiger partial charge < -0.3 is 10.6 Å². The molecule has 0 unspecified atom stereocenters. The smallest absolute Gasteiger partial charge is 0.234 e. The molecule has 1 aliphatic carbocycles. The van der Waals surface area contributed by atoms with Gasteiger partial charge in [0.05, 0.1) is 6.54 Å². The van der Waals surface area contributed by atoms with Crippen molar-refractivity contribution < 1.29 is 4.79 Å². The second-order valence-electron chi connectivity index (χ2n) is 6.68. The number of nitrogens with one attached hydrogen (secondary N) is 2. The molecule has 22 heavy (non-hydrogen) atoms. The van der Waals surface area contributed by atoms with Crippen LogP contribution in [0.4, 0.5) is 0 Å². The molecule has 0 heterocycles. The summed E-state index contributed by atoms with van der Waals surface area (Å²) in [7, 11) is 2.13. The molecule has 4 heteroatoms. The van der Waals surface area contributed by atoms with Crippen LogP contribution in [-0.2, 0) is 17.9 Å². The summed E-state index contributed by atoms with van der Waals surface area (Å²) in [6.45, 7) is 7.32. The third-order valence-corrected chi connectivity index (χ3v) is 4.21. The Bertz CT molecular complexity index is 483. The Labute approximate surface area is 134 Å². The van der Waals surface area contributed by atoms with E-state index < -0.39 is 0 Å². The molecule has 0 saturated heterocycles. The Morgan fingerprint density at radius 1 is 1.32 bits per heavy atom. The molecule has 1 saturated carbocycles. The van der Waals surface area contributed by atoms with Crippen LogP contribution in [0, 0.1) is 5.92 Å². The lowest BCUT2D eigenvalue weighted by atomic mass is 10.1. The summed E-state index contributed by atoms with van der Waals surface area (Å²) in [5, 5.41) is 6.20. The Hall–Kier alpha value is -1.39. The van der Waals surface area contributed by atoms with Gasteiger partial charge in [-0.05, 0) is 57.3 Å². The summed E-state index contributed by atoms with van der Waals surface area (Å²) in [6.07, 6.45) is 2.62. The minimum atomic E-state index is 0.0744. The second-order valence-corrected chi connectivity index (χ2v) is 6.68. The molecule has 0 aromatic heterocycles. The van der Waals surface area contributed by atoms with Gasteiger partial charge in [0.15, 0.2) is 0 Å². The van der Waals surface area contributed by atoms with Crippen molar-refractivity contribution in [2.24, 2.45) is 5.92 Å². The summed E-state index contributed by atoms with van der Waals surface area (Å²) >= 11 is 0. The fourth-order valence-electron chi connectivity index (χ4n) is 2.28. The number of amides is 1. The van der Waals surface area contributed by atoms with Gasteiger partial charge in [-0.3, -0.25) is 9.69 Å². The number of carbonyl (C=O) groups is 1. The van der Waals surface area contributed by atoms with Crippen molar-refractivity contribution in [3.63, 3.8) is 0 Å². The maximum Gasteiger partial charge on any atom is 0.234 e.